The molecule has 0 spiro atoms. The Bertz CT molecular complexity index is 644. The molecule has 1 atom stereocenters. The van der Waals surface area contributed by atoms with Crippen molar-refractivity contribution in [3.8, 4) is 11.6 Å². The molecule has 0 saturated carbocycles. The van der Waals surface area contributed by atoms with Gasteiger partial charge in [0.1, 0.15) is 5.75 Å². The number of nitrogens with one attached hydrogen (secondary N) is 1. The molecule has 22 heavy (non-hydrogen) atoms. The van der Waals surface area contributed by atoms with Crippen LogP contribution in [0.4, 0.5) is 5.69 Å². The Morgan fingerprint density at radius 1 is 1.32 bits per heavy atom. The van der Waals surface area contributed by atoms with Crippen LogP contribution >= 0.6 is 15.9 Å². The highest BCUT2D eigenvalue weighted by molar-refractivity contribution is 9.10. The number of pyridine rings is 1. The van der Waals surface area contributed by atoms with Gasteiger partial charge in [-0.2, -0.15) is 0 Å². The molecule has 116 valence electrons. The van der Waals surface area contributed by atoms with Gasteiger partial charge >= 0.3 is 0 Å². The van der Waals surface area contributed by atoms with E-state index in [0.29, 0.717) is 17.3 Å². The zero-order valence-corrected chi connectivity index (χ0v) is 14.0. The maximum atomic E-state index is 11.9. The summed E-state index contributed by atoms with van der Waals surface area (Å²) in [6.45, 7) is 3.80. The van der Waals surface area contributed by atoms with Crippen LogP contribution in [-0.4, -0.2) is 16.9 Å². The molecule has 3 N–H and O–H groups in total. The Kier molecular flexibility index (Phi) is 5.51. The number of ether oxygens (including phenoxy) is 1. The van der Waals surface area contributed by atoms with E-state index in [1.165, 1.54) is 6.20 Å². The van der Waals surface area contributed by atoms with Crippen LogP contribution in [0.5, 0.6) is 11.6 Å². The Morgan fingerprint density at radius 3 is 2.68 bits per heavy atom. The first kappa shape index (κ1) is 16.5. The van der Waals surface area contributed by atoms with Crippen LogP contribution in [0.3, 0.4) is 0 Å². The van der Waals surface area contributed by atoms with Gasteiger partial charge in [-0.3, -0.25) is 4.79 Å². The van der Waals surface area contributed by atoms with Crippen molar-refractivity contribution in [3.63, 3.8) is 0 Å². The van der Waals surface area contributed by atoms with E-state index in [9.17, 15) is 4.79 Å². The van der Waals surface area contributed by atoms with Crippen molar-refractivity contribution >= 4 is 27.5 Å². The number of benzene rings is 1. The van der Waals surface area contributed by atoms with E-state index < -0.39 is 6.04 Å². The van der Waals surface area contributed by atoms with E-state index in [1.807, 2.05) is 38.1 Å². The lowest BCUT2D eigenvalue weighted by Gasteiger charge is -2.15. The fourth-order valence-corrected chi connectivity index (χ4v) is 2.07. The first-order chi connectivity index (χ1) is 10.5. The molecular weight excluding hydrogens is 346 g/mol. The number of amides is 1. The summed E-state index contributed by atoms with van der Waals surface area (Å²) in [6, 6.07) is 10.3. The Labute approximate surface area is 138 Å². The highest BCUT2D eigenvalue weighted by Gasteiger charge is 2.17. The van der Waals surface area contributed by atoms with Crippen LogP contribution in [0, 0.1) is 5.92 Å². The third-order valence-corrected chi connectivity index (χ3v) is 3.54. The normalized spacial score (nSPS) is 12.0. The van der Waals surface area contributed by atoms with Gasteiger partial charge in [-0.25, -0.2) is 4.98 Å². The number of hydrogen-bond donors (Lipinski definition) is 2. The summed E-state index contributed by atoms with van der Waals surface area (Å²) in [5.74, 6) is 0.981. The SMILES string of the molecule is CC(C)[C@H](N)C(=O)Nc1ccc(Oc2cccc(Br)c2)nc1. The number of halogens is 1. The van der Waals surface area contributed by atoms with Crippen molar-refractivity contribution in [3.05, 3.63) is 47.1 Å². The van der Waals surface area contributed by atoms with Crippen molar-refractivity contribution < 1.29 is 9.53 Å². The number of carbonyl (C=O) groups is 1. The highest BCUT2D eigenvalue weighted by Crippen LogP contribution is 2.23. The van der Waals surface area contributed by atoms with Crippen LogP contribution in [-0.2, 0) is 4.79 Å². The fraction of sp³-hybridized carbons (Fsp3) is 0.250. The largest absolute Gasteiger partial charge is 0.439 e. The number of carbonyl (C=O) groups excluding carboxylic acids is 1. The summed E-state index contributed by atoms with van der Waals surface area (Å²) >= 11 is 3.38. The summed E-state index contributed by atoms with van der Waals surface area (Å²) in [4.78, 5) is 16.0. The molecule has 5 nitrogen and oxygen atoms in total. The van der Waals surface area contributed by atoms with Crippen molar-refractivity contribution in [1.29, 1.82) is 0 Å². The number of nitrogens with two attached hydrogens (primary N) is 1. The summed E-state index contributed by atoms with van der Waals surface area (Å²) in [7, 11) is 0. The van der Waals surface area contributed by atoms with Gasteiger partial charge in [0, 0.05) is 10.5 Å². The molecule has 1 heterocycles. The van der Waals surface area contributed by atoms with Crippen LogP contribution in [0.2, 0.25) is 0 Å². The lowest BCUT2D eigenvalue weighted by atomic mass is 10.1. The first-order valence-electron chi connectivity index (χ1n) is 6.91. The maximum absolute atomic E-state index is 11.9. The first-order valence-corrected chi connectivity index (χ1v) is 7.71. The molecule has 2 rings (SSSR count). The lowest BCUT2D eigenvalue weighted by Crippen LogP contribution is -2.39. The third kappa shape index (κ3) is 4.54. The number of nitrogens with zero attached hydrogens (tertiary/aromatic N) is 1. The van der Waals surface area contributed by atoms with E-state index >= 15 is 0 Å². The molecule has 0 aliphatic heterocycles. The van der Waals surface area contributed by atoms with Gasteiger partial charge in [-0.1, -0.05) is 35.8 Å². The van der Waals surface area contributed by atoms with Crippen molar-refractivity contribution in [2.75, 3.05) is 5.32 Å². The van der Waals surface area contributed by atoms with Gasteiger partial charge in [0.25, 0.3) is 0 Å². The third-order valence-electron chi connectivity index (χ3n) is 3.04. The number of aromatic nitrogens is 1. The van der Waals surface area contributed by atoms with Gasteiger partial charge in [0.2, 0.25) is 11.8 Å². The quantitative estimate of drug-likeness (QED) is 0.851. The minimum Gasteiger partial charge on any atom is -0.439 e. The smallest absolute Gasteiger partial charge is 0.241 e. The molecule has 0 aliphatic carbocycles. The molecule has 0 unspecified atom stereocenters. The van der Waals surface area contributed by atoms with Gasteiger partial charge in [0.05, 0.1) is 17.9 Å². The van der Waals surface area contributed by atoms with Crippen LogP contribution < -0.4 is 15.8 Å². The standard InChI is InChI=1S/C16H18BrN3O2/c1-10(2)15(18)16(21)20-12-6-7-14(19-9-12)22-13-5-3-4-11(17)8-13/h3-10,15H,18H2,1-2H3,(H,20,21)/t15-/m0/s1. The van der Waals surface area contributed by atoms with E-state index in [0.717, 1.165) is 4.47 Å². The molecule has 1 amide bonds. The topological polar surface area (TPSA) is 77.2 Å². The summed E-state index contributed by atoms with van der Waals surface area (Å²) in [5.41, 5.74) is 6.38. The summed E-state index contributed by atoms with van der Waals surface area (Å²) in [5, 5.41) is 2.73. The number of rotatable bonds is 5. The molecule has 0 radical (unpaired) electrons. The molecule has 6 heteroatoms. The van der Waals surface area contributed by atoms with Crippen molar-refractivity contribution in [2.24, 2.45) is 11.7 Å². The monoisotopic (exact) mass is 363 g/mol. The van der Waals surface area contributed by atoms with Gasteiger partial charge in [-0.05, 0) is 30.2 Å². The average molecular weight is 364 g/mol. The molecular formula is C16H18BrN3O2. The summed E-state index contributed by atoms with van der Waals surface area (Å²) < 4.78 is 6.55. The highest BCUT2D eigenvalue weighted by atomic mass is 79.9. The second kappa shape index (κ2) is 7.38. The van der Waals surface area contributed by atoms with E-state index in [-0.39, 0.29) is 11.8 Å². The minimum absolute atomic E-state index is 0.0760. The molecule has 1 aromatic carbocycles. The van der Waals surface area contributed by atoms with Gasteiger partial charge in [-0.15, -0.1) is 0 Å². The van der Waals surface area contributed by atoms with Crippen molar-refractivity contribution in [1.82, 2.24) is 4.98 Å². The molecule has 1 aromatic heterocycles. The van der Waals surface area contributed by atoms with Crippen LogP contribution in [0.1, 0.15) is 13.8 Å². The van der Waals surface area contributed by atoms with E-state index in [1.54, 1.807) is 12.1 Å². The lowest BCUT2D eigenvalue weighted by molar-refractivity contribution is -0.118. The molecule has 0 saturated heterocycles. The van der Waals surface area contributed by atoms with Crippen LogP contribution in [0.25, 0.3) is 0 Å². The van der Waals surface area contributed by atoms with Crippen LogP contribution in [0.15, 0.2) is 47.1 Å². The molecule has 0 bridgehead atoms. The van der Waals surface area contributed by atoms with Gasteiger partial charge in [0.15, 0.2) is 0 Å². The zero-order valence-electron chi connectivity index (χ0n) is 12.4. The predicted molar refractivity (Wildman–Crippen MR) is 89.9 cm³/mol. The second-order valence-corrected chi connectivity index (χ2v) is 6.12. The fourth-order valence-electron chi connectivity index (χ4n) is 1.69. The van der Waals surface area contributed by atoms with E-state index in [4.69, 9.17) is 10.5 Å². The van der Waals surface area contributed by atoms with E-state index in [2.05, 4.69) is 26.2 Å². The number of anilines is 1. The predicted octanol–water partition coefficient (Wildman–Crippen LogP) is 3.56. The Balaban J connectivity index is 2.00. The molecule has 0 fully saturated rings. The van der Waals surface area contributed by atoms with Gasteiger partial charge < -0.3 is 15.8 Å². The summed E-state index contributed by atoms with van der Waals surface area (Å²) in [6.07, 6.45) is 1.54. The minimum atomic E-state index is -0.544. The molecule has 0 aliphatic rings. The second-order valence-electron chi connectivity index (χ2n) is 5.20. The van der Waals surface area contributed by atoms with Crippen molar-refractivity contribution in [2.45, 2.75) is 19.9 Å². The Morgan fingerprint density at radius 2 is 2.09 bits per heavy atom. The number of hydrogen-bond acceptors (Lipinski definition) is 4. The maximum Gasteiger partial charge on any atom is 0.241 e. The average Bonchev–Trinajstić information content (AvgIpc) is 2.48. The molecule has 2 aromatic rings. The zero-order chi connectivity index (χ0) is 16.1. The Hall–Kier alpha value is -1.92.